The Morgan fingerprint density at radius 3 is 2.44 bits per heavy atom. The number of rotatable bonds is 2. The summed E-state index contributed by atoms with van der Waals surface area (Å²) in [4.78, 5) is 31.4. The van der Waals surface area contributed by atoms with Gasteiger partial charge in [-0.05, 0) is 20.8 Å². The van der Waals surface area contributed by atoms with Gasteiger partial charge in [0.25, 0.3) is 6.01 Å². The van der Waals surface area contributed by atoms with E-state index in [1.54, 1.807) is 16.0 Å². The number of ether oxygens (including phenoxy) is 3. The molecule has 1 aromatic heterocycles. The number of imidazole rings is 1. The zero-order chi connectivity index (χ0) is 18.0. The Morgan fingerprint density at radius 1 is 1.20 bits per heavy atom. The summed E-state index contributed by atoms with van der Waals surface area (Å²) in [6.07, 6.45) is 2.54. The van der Waals surface area contributed by atoms with E-state index in [4.69, 9.17) is 14.2 Å². The summed E-state index contributed by atoms with van der Waals surface area (Å²) < 4.78 is 18.1. The van der Waals surface area contributed by atoms with Crippen molar-refractivity contribution in [1.82, 2.24) is 19.4 Å². The van der Waals surface area contributed by atoms with Gasteiger partial charge in [0.15, 0.2) is 6.10 Å². The van der Waals surface area contributed by atoms with Gasteiger partial charge in [-0.3, -0.25) is 4.57 Å². The van der Waals surface area contributed by atoms with E-state index in [9.17, 15) is 9.59 Å². The molecule has 138 valence electrons. The van der Waals surface area contributed by atoms with Crippen molar-refractivity contribution in [1.29, 1.82) is 0 Å². The van der Waals surface area contributed by atoms with E-state index in [1.807, 2.05) is 31.5 Å². The van der Waals surface area contributed by atoms with E-state index in [1.165, 1.54) is 0 Å². The molecular weight excluding hydrogens is 328 g/mol. The van der Waals surface area contributed by atoms with Crippen molar-refractivity contribution in [2.75, 3.05) is 32.8 Å². The van der Waals surface area contributed by atoms with Crippen LogP contribution in [-0.4, -0.2) is 76.0 Å². The number of piperazine rings is 1. The van der Waals surface area contributed by atoms with Gasteiger partial charge in [-0.1, -0.05) is 0 Å². The zero-order valence-corrected chi connectivity index (χ0v) is 14.8. The topological polar surface area (TPSA) is 86.1 Å². The molecule has 1 saturated heterocycles. The molecule has 2 amide bonds. The van der Waals surface area contributed by atoms with Crippen molar-refractivity contribution in [3.8, 4) is 6.01 Å². The highest BCUT2D eigenvalue weighted by molar-refractivity contribution is 5.70. The maximum atomic E-state index is 12.2. The SMILES string of the molecule is CC(C)(C)OC(=O)N1CCN(C(=O)OCC2Cn3ccnc3O2)CC1. The highest BCUT2D eigenvalue weighted by Crippen LogP contribution is 2.19. The standard InChI is InChI=1S/C16H24N4O5/c1-16(2,3)25-15(22)19-8-6-18(7-9-19)14(21)23-11-12-10-20-5-4-17-13(20)24-12/h4-5,12H,6-11H2,1-3H3. The van der Waals surface area contributed by atoms with E-state index in [-0.39, 0.29) is 18.8 Å². The Hall–Kier alpha value is -2.45. The van der Waals surface area contributed by atoms with Gasteiger partial charge >= 0.3 is 12.2 Å². The summed E-state index contributed by atoms with van der Waals surface area (Å²) in [5.74, 6) is 0. The Morgan fingerprint density at radius 2 is 1.84 bits per heavy atom. The lowest BCUT2D eigenvalue weighted by molar-refractivity contribution is 0.0107. The third kappa shape index (κ3) is 4.34. The summed E-state index contributed by atoms with van der Waals surface area (Å²) >= 11 is 0. The van der Waals surface area contributed by atoms with Crippen molar-refractivity contribution in [3.63, 3.8) is 0 Å². The Labute approximate surface area is 146 Å². The van der Waals surface area contributed by atoms with Gasteiger partial charge in [0, 0.05) is 38.6 Å². The van der Waals surface area contributed by atoms with Crippen LogP contribution in [0.2, 0.25) is 0 Å². The first kappa shape index (κ1) is 17.4. The van der Waals surface area contributed by atoms with Crippen LogP contribution in [0.25, 0.3) is 0 Å². The predicted molar refractivity (Wildman–Crippen MR) is 87.4 cm³/mol. The van der Waals surface area contributed by atoms with Crippen LogP contribution in [0.1, 0.15) is 20.8 Å². The summed E-state index contributed by atoms with van der Waals surface area (Å²) in [6.45, 7) is 7.99. The number of hydrogen-bond acceptors (Lipinski definition) is 6. The van der Waals surface area contributed by atoms with Crippen LogP contribution in [0, 0.1) is 0 Å². The number of carbonyl (C=O) groups is 2. The van der Waals surface area contributed by atoms with Gasteiger partial charge in [-0.25, -0.2) is 14.6 Å². The first-order valence-corrected chi connectivity index (χ1v) is 8.39. The van der Waals surface area contributed by atoms with Crippen LogP contribution in [0.4, 0.5) is 9.59 Å². The lowest BCUT2D eigenvalue weighted by atomic mass is 10.2. The summed E-state index contributed by atoms with van der Waals surface area (Å²) in [5.41, 5.74) is -0.526. The van der Waals surface area contributed by atoms with Gasteiger partial charge < -0.3 is 24.0 Å². The van der Waals surface area contributed by atoms with Crippen LogP contribution < -0.4 is 4.74 Å². The highest BCUT2D eigenvalue weighted by Gasteiger charge is 2.30. The molecule has 0 N–H and O–H groups in total. The van der Waals surface area contributed by atoms with Crippen molar-refractivity contribution in [2.24, 2.45) is 0 Å². The summed E-state index contributed by atoms with van der Waals surface area (Å²) in [6, 6.07) is 0.548. The molecule has 0 bridgehead atoms. The largest absolute Gasteiger partial charge is 0.456 e. The fourth-order valence-electron chi connectivity index (χ4n) is 2.70. The lowest BCUT2D eigenvalue weighted by Crippen LogP contribution is -2.52. The summed E-state index contributed by atoms with van der Waals surface area (Å²) in [7, 11) is 0. The molecule has 2 aliphatic rings. The number of aromatic nitrogens is 2. The van der Waals surface area contributed by atoms with Gasteiger partial charge in [0.05, 0.1) is 6.54 Å². The van der Waals surface area contributed by atoms with E-state index in [2.05, 4.69) is 4.98 Å². The third-order valence-electron chi connectivity index (χ3n) is 3.93. The Balaban J connectivity index is 1.38. The second kappa shape index (κ2) is 6.81. The predicted octanol–water partition coefficient (Wildman–Crippen LogP) is 1.33. The molecule has 3 heterocycles. The molecule has 1 fully saturated rings. The average Bonchev–Trinajstić information content (AvgIpc) is 3.12. The van der Waals surface area contributed by atoms with Crippen LogP contribution in [0.3, 0.4) is 0 Å². The molecule has 2 aliphatic heterocycles. The monoisotopic (exact) mass is 352 g/mol. The summed E-state index contributed by atoms with van der Waals surface area (Å²) in [5, 5.41) is 0. The molecule has 25 heavy (non-hydrogen) atoms. The third-order valence-corrected chi connectivity index (χ3v) is 3.93. The number of carbonyl (C=O) groups excluding carboxylic acids is 2. The Bertz CT molecular complexity index is 610. The second-order valence-corrected chi connectivity index (χ2v) is 7.13. The minimum atomic E-state index is -0.526. The molecule has 0 aliphatic carbocycles. The van der Waals surface area contributed by atoms with Crippen molar-refractivity contribution in [3.05, 3.63) is 12.4 Å². The van der Waals surface area contributed by atoms with Crippen LogP contribution in [-0.2, 0) is 16.0 Å². The van der Waals surface area contributed by atoms with E-state index in [0.717, 1.165) is 0 Å². The normalized spacial score (nSPS) is 20.0. The fraction of sp³-hybridized carbons (Fsp3) is 0.688. The van der Waals surface area contributed by atoms with Crippen LogP contribution >= 0.6 is 0 Å². The first-order chi connectivity index (χ1) is 11.8. The maximum Gasteiger partial charge on any atom is 0.410 e. The highest BCUT2D eigenvalue weighted by atomic mass is 16.6. The van der Waals surface area contributed by atoms with Crippen molar-refractivity contribution >= 4 is 12.2 Å². The number of hydrogen-bond donors (Lipinski definition) is 0. The molecule has 0 aromatic carbocycles. The van der Waals surface area contributed by atoms with Gasteiger partial charge in [0.2, 0.25) is 0 Å². The molecule has 1 unspecified atom stereocenters. The molecule has 1 atom stereocenters. The Kier molecular flexibility index (Phi) is 4.73. The molecule has 0 saturated carbocycles. The molecule has 9 nitrogen and oxygen atoms in total. The van der Waals surface area contributed by atoms with Crippen molar-refractivity contribution in [2.45, 2.75) is 39.0 Å². The minimum absolute atomic E-state index is 0.175. The molecule has 9 heteroatoms. The molecule has 3 rings (SSSR count). The van der Waals surface area contributed by atoms with E-state index in [0.29, 0.717) is 38.7 Å². The quantitative estimate of drug-likeness (QED) is 0.798. The van der Waals surface area contributed by atoms with E-state index < -0.39 is 11.7 Å². The first-order valence-electron chi connectivity index (χ1n) is 8.39. The minimum Gasteiger partial charge on any atom is -0.456 e. The number of nitrogens with zero attached hydrogens (tertiary/aromatic N) is 4. The maximum absolute atomic E-state index is 12.2. The zero-order valence-electron chi connectivity index (χ0n) is 14.8. The lowest BCUT2D eigenvalue weighted by Gasteiger charge is -2.35. The average molecular weight is 352 g/mol. The fourth-order valence-corrected chi connectivity index (χ4v) is 2.70. The number of amides is 2. The second-order valence-electron chi connectivity index (χ2n) is 7.13. The van der Waals surface area contributed by atoms with Gasteiger partial charge in [-0.15, -0.1) is 0 Å². The molecule has 0 radical (unpaired) electrons. The number of fused-ring (bicyclic) bond motifs is 1. The van der Waals surface area contributed by atoms with Crippen LogP contribution in [0.15, 0.2) is 12.4 Å². The van der Waals surface area contributed by atoms with Crippen molar-refractivity contribution < 1.29 is 23.8 Å². The molecule has 1 aromatic rings. The molecular formula is C16H24N4O5. The van der Waals surface area contributed by atoms with E-state index >= 15 is 0 Å². The molecule has 0 spiro atoms. The smallest absolute Gasteiger partial charge is 0.410 e. The van der Waals surface area contributed by atoms with Gasteiger partial charge in [-0.2, -0.15) is 0 Å². The van der Waals surface area contributed by atoms with Gasteiger partial charge in [0.1, 0.15) is 12.2 Å². The van der Waals surface area contributed by atoms with Crippen LogP contribution in [0.5, 0.6) is 6.01 Å².